The fraction of sp³-hybridized carbons (Fsp3) is 0.300. The standard InChI is InChI=1S/C10H12FNO3/c1-2-10(14,15-9(12)13)7-5-3-4-6-8(7)11/h3-6,14H,2H2,1H3,(H2,12,13)/t10-/m0/s1. The first kappa shape index (κ1) is 11.5. The maximum absolute atomic E-state index is 13.3. The topological polar surface area (TPSA) is 72.6 Å². The van der Waals surface area contributed by atoms with E-state index in [-0.39, 0.29) is 12.0 Å². The first-order valence-corrected chi connectivity index (χ1v) is 4.45. The monoisotopic (exact) mass is 213 g/mol. The molecule has 15 heavy (non-hydrogen) atoms. The maximum Gasteiger partial charge on any atom is 0.407 e. The molecule has 0 bridgehead atoms. The number of hydrogen-bond donors (Lipinski definition) is 2. The van der Waals surface area contributed by atoms with Crippen LogP contribution in [0.3, 0.4) is 0 Å². The van der Waals surface area contributed by atoms with Gasteiger partial charge in [0.05, 0.1) is 5.56 Å². The van der Waals surface area contributed by atoms with Crippen LogP contribution in [0.2, 0.25) is 0 Å². The number of ether oxygens (including phenoxy) is 1. The highest BCUT2D eigenvalue weighted by molar-refractivity contribution is 5.65. The molecule has 1 rings (SSSR count). The zero-order chi connectivity index (χ0) is 11.5. The second-order valence-electron chi connectivity index (χ2n) is 3.04. The van der Waals surface area contributed by atoms with Gasteiger partial charge in [0.2, 0.25) is 5.79 Å². The Hall–Kier alpha value is -1.62. The molecule has 0 aromatic heterocycles. The molecule has 0 radical (unpaired) electrons. The van der Waals surface area contributed by atoms with Gasteiger partial charge in [0.1, 0.15) is 5.82 Å². The van der Waals surface area contributed by atoms with Crippen LogP contribution in [0, 0.1) is 5.82 Å². The Morgan fingerprint density at radius 3 is 2.67 bits per heavy atom. The van der Waals surface area contributed by atoms with Crippen LogP contribution >= 0.6 is 0 Å². The number of nitrogens with two attached hydrogens (primary N) is 1. The first-order valence-electron chi connectivity index (χ1n) is 4.45. The molecule has 0 aliphatic rings. The quantitative estimate of drug-likeness (QED) is 0.747. The molecule has 0 aliphatic heterocycles. The van der Waals surface area contributed by atoms with Crippen molar-refractivity contribution in [3.05, 3.63) is 35.6 Å². The Morgan fingerprint density at radius 2 is 2.20 bits per heavy atom. The van der Waals surface area contributed by atoms with Crippen LogP contribution < -0.4 is 5.73 Å². The predicted octanol–water partition coefficient (Wildman–Crippen LogP) is 1.48. The van der Waals surface area contributed by atoms with Crippen molar-refractivity contribution in [1.29, 1.82) is 0 Å². The number of benzene rings is 1. The largest absolute Gasteiger partial charge is 0.413 e. The third kappa shape index (κ3) is 2.44. The Bertz CT molecular complexity index is 369. The summed E-state index contributed by atoms with van der Waals surface area (Å²) in [4.78, 5) is 10.6. The summed E-state index contributed by atoms with van der Waals surface area (Å²) < 4.78 is 17.8. The highest BCUT2D eigenvalue weighted by Gasteiger charge is 2.33. The second-order valence-corrected chi connectivity index (χ2v) is 3.04. The molecule has 5 heteroatoms. The molecule has 0 saturated carbocycles. The van der Waals surface area contributed by atoms with E-state index in [1.54, 1.807) is 6.92 Å². The van der Waals surface area contributed by atoms with E-state index in [0.717, 1.165) is 0 Å². The number of carbonyl (C=O) groups is 1. The molecule has 0 aliphatic carbocycles. The van der Waals surface area contributed by atoms with Crippen LogP contribution in [0.4, 0.5) is 9.18 Å². The minimum atomic E-state index is -2.00. The second kappa shape index (κ2) is 4.27. The molecular weight excluding hydrogens is 201 g/mol. The van der Waals surface area contributed by atoms with Crippen molar-refractivity contribution in [3.63, 3.8) is 0 Å². The van der Waals surface area contributed by atoms with Crippen molar-refractivity contribution in [3.8, 4) is 0 Å². The van der Waals surface area contributed by atoms with Gasteiger partial charge < -0.3 is 15.6 Å². The van der Waals surface area contributed by atoms with Gasteiger partial charge in [0, 0.05) is 6.42 Å². The van der Waals surface area contributed by atoms with Crippen molar-refractivity contribution >= 4 is 6.09 Å². The number of hydrogen-bond acceptors (Lipinski definition) is 3. The van der Waals surface area contributed by atoms with Crippen LogP contribution in [-0.4, -0.2) is 11.2 Å². The predicted molar refractivity (Wildman–Crippen MR) is 51.3 cm³/mol. The summed E-state index contributed by atoms with van der Waals surface area (Å²) >= 11 is 0. The van der Waals surface area contributed by atoms with E-state index in [9.17, 15) is 14.3 Å². The molecule has 1 aromatic rings. The van der Waals surface area contributed by atoms with E-state index in [2.05, 4.69) is 4.74 Å². The van der Waals surface area contributed by atoms with Gasteiger partial charge in [-0.1, -0.05) is 19.1 Å². The van der Waals surface area contributed by atoms with Crippen molar-refractivity contribution in [2.24, 2.45) is 5.73 Å². The van der Waals surface area contributed by atoms with Crippen molar-refractivity contribution in [1.82, 2.24) is 0 Å². The molecule has 0 unspecified atom stereocenters. The lowest BCUT2D eigenvalue weighted by molar-refractivity contribution is -0.171. The SMILES string of the molecule is CC[C@](O)(OC(N)=O)c1ccccc1F. The molecule has 0 fully saturated rings. The summed E-state index contributed by atoms with van der Waals surface area (Å²) in [5.41, 5.74) is 4.69. The Balaban J connectivity index is 3.11. The summed E-state index contributed by atoms with van der Waals surface area (Å²) in [5.74, 6) is -2.65. The molecule has 1 atom stereocenters. The van der Waals surface area contributed by atoms with E-state index >= 15 is 0 Å². The molecule has 1 aromatic carbocycles. The zero-order valence-corrected chi connectivity index (χ0v) is 8.24. The molecule has 4 nitrogen and oxygen atoms in total. The third-order valence-electron chi connectivity index (χ3n) is 2.04. The van der Waals surface area contributed by atoms with Gasteiger partial charge in [-0.05, 0) is 12.1 Å². The number of carbonyl (C=O) groups excluding carboxylic acids is 1. The van der Waals surface area contributed by atoms with E-state index in [1.807, 2.05) is 0 Å². The summed E-state index contributed by atoms with van der Waals surface area (Å²) in [6.07, 6.45) is -1.14. The molecular formula is C10H12FNO3. The van der Waals surface area contributed by atoms with Crippen LogP contribution in [0.5, 0.6) is 0 Å². The van der Waals surface area contributed by atoms with Crippen LogP contribution in [0.25, 0.3) is 0 Å². The Labute approximate surface area is 86.5 Å². The minimum absolute atomic E-state index is 0.0108. The van der Waals surface area contributed by atoms with Gasteiger partial charge in [0.15, 0.2) is 0 Å². The molecule has 0 spiro atoms. The lowest BCUT2D eigenvalue weighted by Gasteiger charge is -2.26. The summed E-state index contributed by atoms with van der Waals surface area (Å²) in [6.45, 7) is 1.55. The zero-order valence-electron chi connectivity index (χ0n) is 8.24. The normalized spacial score (nSPS) is 14.3. The van der Waals surface area contributed by atoms with E-state index in [4.69, 9.17) is 5.73 Å². The highest BCUT2D eigenvalue weighted by atomic mass is 19.1. The fourth-order valence-corrected chi connectivity index (χ4v) is 1.26. The lowest BCUT2D eigenvalue weighted by atomic mass is 10.0. The smallest absolute Gasteiger partial charge is 0.407 e. The highest BCUT2D eigenvalue weighted by Crippen LogP contribution is 2.28. The fourth-order valence-electron chi connectivity index (χ4n) is 1.26. The van der Waals surface area contributed by atoms with Crippen molar-refractivity contribution in [2.45, 2.75) is 19.1 Å². The Morgan fingerprint density at radius 1 is 1.60 bits per heavy atom. The van der Waals surface area contributed by atoms with Gasteiger partial charge in [-0.25, -0.2) is 9.18 Å². The van der Waals surface area contributed by atoms with Gasteiger partial charge in [-0.3, -0.25) is 0 Å². The average molecular weight is 213 g/mol. The van der Waals surface area contributed by atoms with Crippen LogP contribution in [-0.2, 0) is 10.5 Å². The molecule has 3 N–H and O–H groups in total. The van der Waals surface area contributed by atoms with E-state index in [1.165, 1.54) is 24.3 Å². The lowest BCUT2D eigenvalue weighted by Crippen LogP contribution is -2.34. The molecule has 82 valence electrons. The van der Waals surface area contributed by atoms with Gasteiger partial charge in [0.25, 0.3) is 0 Å². The number of aliphatic hydroxyl groups is 1. The van der Waals surface area contributed by atoms with Gasteiger partial charge in [-0.2, -0.15) is 0 Å². The first-order chi connectivity index (χ1) is 6.99. The summed E-state index contributed by atoms with van der Waals surface area (Å²) in [5, 5.41) is 9.88. The van der Waals surface area contributed by atoms with Crippen molar-refractivity contribution < 1.29 is 19.0 Å². The van der Waals surface area contributed by atoms with E-state index in [0.29, 0.717) is 0 Å². The number of primary amides is 1. The molecule has 0 heterocycles. The van der Waals surface area contributed by atoms with Gasteiger partial charge in [-0.15, -0.1) is 0 Å². The van der Waals surface area contributed by atoms with Crippen LogP contribution in [0.1, 0.15) is 18.9 Å². The molecule has 0 saturated heterocycles. The van der Waals surface area contributed by atoms with E-state index < -0.39 is 17.7 Å². The average Bonchev–Trinajstić information content (AvgIpc) is 2.17. The molecule has 1 amide bonds. The van der Waals surface area contributed by atoms with Crippen LogP contribution in [0.15, 0.2) is 24.3 Å². The van der Waals surface area contributed by atoms with Gasteiger partial charge >= 0.3 is 6.09 Å². The maximum atomic E-state index is 13.3. The summed E-state index contributed by atoms with van der Waals surface area (Å²) in [7, 11) is 0. The van der Waals surface area contributed by atoms with Crippen molar-refractivity contribution in [2.75, 3.05) is 0 Å². The number of amides is 1. The summed E-state index contributed by atoms with van der Waals surface area (Å²) in [6, 6.07) is 5.50. The Kier molecular flexibility index (Phi) is 3.26. The number of halogens is 1. The number of rotatable bonds is 3. The third-order valence-corrected chi connectivity index (χ3v) is 2.04. The minimum Gasteiger partial charge on any atom is -0.413 e.